The minimum Gasteiger partial charge on any atom is -0.494 e. The van der Waals surface area contributed by atoms with E-state index in [2.05, 4.69) is 10.3 Å². The van der Waals surface area contributed by atoms with E-state index in [0.717, 1.165) is 5.75 Å². The highest BCUT2D eigenvalue weighted by molar-refractivity contribution is 6.04. The highest BCUT2D eigenvalue weighted by Crippen LogP contribution is 2.17. The molecule has 0 fully saturated rings. The van der Waals surface area contributed by atoms with Crippen LogP contribution in [0.25, 0.3) is 16.6 Å². The Kier molecular flexibility index (Phi) is 5.30. The van der Waals surface area contributed by atoms with E-state index in [1.165, 1.54) is 0 Å². The minimum atomic E-state index is -0.216. The van der Waals surface area contributed by atoms with E-state index in [1.807, 2.05) is 25.1 Å². The minimum absolute atomic E-state index is 0.121. The van der Waals surface area contributed by atoms with Crippen LogP contribution in [-0.4, -0.2) is 22.1 Å². The van der Waals surface area contributed by atoms with Gasteiger partial charge in [-0.3, -0.25) is 14.2 Å². The van der Waals surface area contributed by atoms with E-state index in [-0.39, 0.29) is 11.5 Å². The average Bonchev–Trinajstić information content (AvgIpc) is 2.75. The van der Waals surface area contributed by atoms with E-state index in [9.17, 15) is 9.59 Å². The number of anilines is 1. The molecule has 4 aromatic rings. The van der Waals surface area contributed by atoms with Crippen LogP contribution in [0, 0.1) is 6.92 Å². The number of fused-ring (bicyclic) bond motifs is 1. The van der Waals surface area contributed by atoms with Gasteiger partial charge >= 0.3 is 0 Å². The number of para-hydroxylation sites is 1. The number of aromatic nitrogens is 2. The molecule has 0 unspecified atom stereocenters. The zero-order chi connectivity index (χ0) is 21.1. The van der Waals surface area contributed by atoms with E-state index in [4.69, 9.17) is 4.74 Å². The molecular formula is C24H21N3O3. The van der Waals surface area contributed by atoms with Crippen LogP contribution >= 0.6 is 0 Å². The largest absolute Gasteiger partial charge is 0.494 e. The number of benzene rings is 3. The van der Waals surface area contributed by atoms with E-state index in [1.54, 1.807) is 66.1 Å². The van der Waals surface area contributed by atoms with Gasteiger partial charge in [0.1, 0.15) is 11.6 Å². The number of aryl methyl sites for hydroxylation is 1. The number of carbonyl (C=O) groups is 1. The Morgan fingerprint density at radius 2 is 1.70 bits per heavy atom. The molecule has 1 heterocycles. The number of nitrogens with zero attached hydrogens (tertiary/aromatic N) is 2. The lowest BCUT2D eigenvalue weighted by molar-refractivity contribution is 0.102. The summed E-state index contributed by atoms with van der Waals surface area (Å²) in [5.74, 6) is 1.11. The molecule has 1 aromatic heterocycles. The van der Waals surface area contributed by atoms with Gasteiger partial charge in [0.15, 0.2) is 0 Å². The van der Waals surface area contributed by atoms with Crippen LogP contribution in [0.1, 0.15) is 23.1 Å². The lowest BCUT2D eigenvalue weighted by Crippen LogP contribution is -2.22. The van der Waals surface area contributed by atoms with Crippen molar-refractivity contribution in [1.29, 1.82) is 0 Å². The first-order valence-corrected chi connectivity index (χ1v) is 9.70. The summed E-state index contributed by atoms with van der Waals surface area (Å²) in [7, 11) is 0. The van der Waals surface area contributed by atoms with Crippen molar-refractivity contribution >= 4 is 22.5 Å². The van der Waals surface area contributed by atoms with Gasteiger partial charge in [-0.05, 0) is 74.5 Å². The molecule has 0 saturated carbocycles. The lowest BCUT2D eigenvalue weighted by Gasteiger charge is -2.12. The molecule has 0 bridgehead atoms. The molecule has 0 atom stereocenters. The monoisotopic (exact) mass is 399 g/mol. The van der Waals surface area contributed by atoms with Crippen LogP contribution in [0.5, 0.6) is 5.75 Å². The predicted octanol–water partition coefficient (Wildman–Crippen LogP) is 4.35. The van der Waals surface area contributed by atoms with Gasteiger partial charge in [-0.25, -0.2) is 4.98 Å². The third kappa shape index (κ3) is 3.80. The molecular weight excluding hydrogens is 378 g/mol. The second kappa shape index (κ2) is 8.21. The van der Waals surface area contributed by atoms with E-state index in [0.29, 0.717) is 40.3 Å². The first kappa shape index (κ1) is 19.4. The molecule has 0 aliphatic carbocycles. The van der Waals surface area contributed by atoms with E-state index >= 15 is 0 Å². The molecule has 0 aliphatic heterocycles. The first-order valence-electron chi connectivity index (χ1n) is 9.70. The van der Waals surface area contributed by atoms with Crippen LogP contribution in [0.4, 0.5) is 5.69 Å². The summed E-state index contributed by atoms with van der Waals surface area (Å²) in [4.78, 5) is 29.9. The molecule has 0 radical (unpaired) electrons. The van der Waals surface area contributed by atoms with Crippen molar-refractivity contribution in [2.75, 3.05) is 11.9 Å². The second-order valence-electron chi connectivity index (χ2n) is 6.78. The fourth-order valence-electron chi connectivity index (χ4n) is 3.31. The van der Waals surface area contributed by atoms with Gasteiger partial charge in [0, 0.05) is 11.3 Å². The van der Waals surface area contributed by atoms with Gasteiger partial charge in [-0.2, -0.15) is 0 Å². The molecule has 6 nitrogen and oxygen atoms in total. The number of hydrogen-bond donors (Lipinski definition) is 1. The second-order valence-corrected chi connectivity index (χ2v) is 6.78. The summed E-state index contributed by atoms with van der Waals surface area (Å²) < 4.78 is 6.97. The van der Waals surface area contributed by atoms with Gasteiger partial charge in [0.25, 0.3) is 11.5 Å². The van der Waals surface area contributed by atoms with Gasteiger partial charge in [0.05, 0.1) is 23.2 Å². The molecule has 0 aliphatic rings. The summed E-state index contributed by atoms with van der Waals surface area (Å²) in [5, 5.41) is 3.43. The summed E-state index contributed by atoms with van der Waals surface area (Å²) in [5.41, 5.74) is 2.42. The zero-order valence-corrected chi connectivity index (χ0v) is 16.8. The third-order valence-electron chi connectivity index (χ3n) is 4.75. The van der Waals surface area contributed by atoms with Crippen molar-refractivity contribution in [2.24, 2.45) is 0 Å². The Bertz CT molecular complexity index is 1260. The molecule has 1 N–H and O–H groups in total. The summed E-state index contributed by atoms with van der Waals surface area (Å²) >= 11 is 0. The number of amides is 1. The normalized spacial score (nSPS) is 10.7. The lowest BCUT2D eigenvalue weighted by atomic mass is 10.2. The van der Waals surface area contributed by atoms with Gasteiger partial charge in [-0.15, -0.1) is 0 Å². The van der Waals surface area contributed by atoms with Gasteiger partial charge < -0.3 is 10.1 Å². The highest BCUT2D eigenvalue weighted by atomic mass is 16.5. The van der Waals surface area contributed by atoms with Crippen molar-refractivity contribution in [3.63, 3.8) is 0 Å². The maximum Gasteiger partial charge on any atom is 0.265 e. The van der Waals surface area contributed by atoms with Crippen molar-refractivity contribution in [3.8, 4) is 11.4 Å². The van der Waals surface area contributed by atoms with Crippen molar-refractivity contribution in [3.05, 3.63) is 94.5 Å². The Labute approximate surface area is 173 Å². The van der Waals surface area contributed by atoms with Gasteiger partial charge in [-0.1, -0.05) is 12.1 Å². The number of hydrogen-bond acceptors (Lipinski definition) is 4. The van der Waals surface area contributed by atoms with Crippen molar-refractivity contribution in [1.82, 2.24) is 9.55 Å². The molecule has 4 rings (SSSR count). The fraction of sp³-hybridized carbons (Fsp3) is 0.125. The third-order valence-corrected chi connectivity index (χ3v) is 4.75. The molecule has 0 spiro atoms. The Balaban J connectivity index is 1.57. The van der Waals surface area contributed by atoms with Crippen LogP contribution < -0.4 is 15.6 Å². The predicted molar refractivity (Wildman–Crippen MR) is 118 cm³/mol. The summed E-state index contributed by atoms with van der Waals surface area (Å²) in [6.45, 7) is 4.29. The number of rotatable bonds is 5. The Morgan fingerprint density at radius 3 is 2.40 bits per heavy atom. The Morgan fingerprint density at radius 1 is 1.00 bits per heavy atom. The maximum absolute atomic E-state index is 12.9. The first-order chi connectivity index (χ1) is 14.6. The van der Waals surface area contributed by atoms with Crippen LogP contribution in [0.2, 0.25) is 0 Å². The fourth-order valence-corrected chi connectivity index (χ4v) is 3.31. The molecule has 0 saturated heterocycles. The topological polar surface area (TPSA) is 73.2 Å². The van der Waals surface area contributed by atoms with E-state index < -0.39 is 0 Å². The van der Waals surface area contributed by atoms with Crippen LogP contribution in [0.3, 0.4) is 0 Å². The number of nitrogens with one attached hydrogen (secondary N) is 1. The molecule has 3 aromatic carbocycles. The summed E-state index contributed by atoms with van der Waals surface area (Å²) in [6, 6.07) is 21.4. The maximum atomic E-state index is 12.9. The quantitative estimate of drug-likeness (QED) is 0.542. The smallest absolute Gasteiger partial charge is 0.265 e. The standard InChI is InChI=1S/C24H21N3O3/c1-3-30-20-14-8-17(9-15-20)23(28)26-18-10-12-19(13-11-18)27-16(2)25-22-7-5-4-6-21(22)24(27)29/h4-15H,3H2,1-2H3,(H,26,28). The highest BCUT2D eigenvalue weighted by Gasteiger charge is 2.11. The SMILES string of the molecule is CCOc1ccc(C(=O)Nc2ccc(-n3c(C)nc4ccccc4c3=O)cc2)cc1. The van der Waals surface area contributed by atoms with Crippen molar-refractivity contribution in [2.45, 2.75) is 13.8 Å². The van der Waals surface area contributed by atoms with Crippen LogP contribution in [0.15, 0.2) is 77.6 Å². The molecule has 150 valence electrons. The molecule has 30 heavy (non-hydrogen) atoms. The number of ether oxygens (including phenoxy) is 1. The average molecular weight is 399 g/mol. The van der Waals surface area contributed by atoms with Crippen molar-refractivity contribution < 1.29 is 9.53 Å². The molecule has 1 amide bonds. The number of carbonyl (C=O) groups excluding carboxylic acids is 1. The Hall–Kier alpha value is -3.93. The van der Waals surface area contributed by atoms with Crippen LogP contribution in [-0.2, 0) is 0 Å². The zero-order valence-electron chi connectivity index (χ0n) is 16.8. The van der Waals surface area contributed by atoms with Gasteiger partial charge in [0.2, 0.25) is 0 Å². The molecule has 6 heteroatoms. The summed E-state index contributed by atoms with van der Waals surface area (Å²) in [6.07, 6.45) is 0.